The van der Waals surface area contributed by atoms with Crippen LogP contribution < -0.4 is 10.6 Å². The summed E-state index contributed by atoms with van der Waals surface area (Å²) >= 11 is 0. The number of hydrogen-bond donors (Lipinski definition) is 3. The molecule has 1 atom stereocenters. The van der Waals surface area contributed by atoms with Crippen molar-refractivity contribution >= 4 is 11.8 Å². The maximum absolute atomic E-state index is 11.8. The standard InChI is InChI=1S/C16H25N3O5/c1-16(22,11-13-3-2-8-24-13)12-18-15(21)14(20)17-4-5-19-6-9-23-10-7-19/h2-3,8,22H,4-7,9-12H2,1H3,(H,17,20)(H,18,21). The minimum absolute atomic E-state index is 0.0383. The first kappa shape index (κ1) is 18.4. The lowest BCUT2D eigenvalue weighted by atomic mass is 10.0. The van der Waals surface area contributed by atoms with Crippen LogP contribution in [-0.4, -0.2) is 73.4 Å². The van der Waals surface area contributed by atoms with E-state index in [1.807, 2.05) is 0 Å². The quantitative estimate of drug-likeness (QED) is 0.559. The third-order valence-electron chi connectivity index (χ3n) is 3.79. The Morgan fingerprint density at radius 3 is 2.67 bits per heavy atom. The number of nitrogens with zero attached hydrogens (tertiary/aromatic N) is 1. The van der Waals surface area contributed by atoms with Crippen LogP contribution in [0.5, 0.6) is 0 Å². The Kier molecular flexibility index (Phi) is 6.77. The molecule has 2 rings (SSSR count). The van der Waals surface area contributed by atoms with Crippen LogP contribution in [0.15, 0.2) is 22.8 Å². The van der Waals surface area contributed by atoms with E-state index in [4.69, 9.17) is 9.15 Å². The minimum Gasteiger partial charge on any atom is -0.469 e. The molecule has 1 fully saturated rings. The lowest BCUT2D eigenvalue weighted by Gasteiger charge is -2.26. The van der Waals surface area contributed by atoms with Crippen molar-refractivity contribution in [2.45, 2.75) is 18.9 Å². The first-order valence-electron chi connectivity index (χ1n) is 8.07. The van der Waals surface area contributed by atoms with Gasteiger partial charge in [-0.05, 0) is 19.1 Å². The van der Waals surface area contributed by atoms with Crippen LogP contribution in [0.1, 0.15) is 12.7 Å². The fourth-order valence-corrected chi connectivity index (χ4v) is 2.43. The maximum Gasteiger partial charge on any atom is 0.309 e. The van der Waals surface area contributed by atoms with Gasteiger partial charge in [0, 0.05) is 39.1 Å². The number of ether oxygens (including phenoxy) is 1. The number of nitrogens with one attached hydrogen (secondary N) is 2. The smallest absolute Gasteiger partial charge is 0.309 e. The van der Waals surface area contributed by atoms with E-state index in [1.54, 1.807) is 19.1 Å². The Bertz CT molecular complexity index is 524. The van der Waals surface area contributed by atoms with Crippen LogP contribution >= 0.6 is 0 Å². The predicted molar refractivity (Wildman–Crippen MR) is 86.3 cm³/mol. The van der Waals surface area contributed by atoms with Gasteiger partial charge in [-0.1, -0.05) is 0 Å². The molecule has 0 aliphatic carbocycles. The normalized spacial score (nSPS) is 17.9. The average molecular weight is 339 g/mol. The molecule has 1 aliphatic rings. The molecule has 1 aliphatic heterocycles. The van der Waals surface area contributed by atoms with Crippen molar-refractivity contribution < 1.29 is 23.8 Å². The highest BCUT2D eigenvalue weighted by Crippen LogP contribution is 2.12. The van der Waals surface area contributed by atoms with Gasteiger partial charge in [-0.15, -0.1) is 0 Å². The SMILES string of the molecule is CC(O)(CNC(=O)C(=O)NCCN1CCOCC1)Cc1ccco1. The summed E-state index contributed by atoms with van der Waals surface area (Å²) in [6.45, 7) is 5.66. The summed E-state index contributed by atoms with van der Waals surface area (Å²) in [5, 5.41) is 15.3. The van der Waals surface area contributed by atoms with E-state index in [9.17, 15) is 14.7 Å². The van der Waals surface area contributed by atoms with E-state index in [2.05, 4.69) is 15.5 Å². The number of aliphatic hydroxyl groups is 1. The van der Waals surface area contributed by atoms with Crippen molar-refractivity contribution in [3.8, 4) is 0 Å². The Labute approximate surface area is 141 Å². The third kappa shape index (κ3) is 6.31. The van der Waals surface area contributed by atoms with Crippen molar-refractivity contribution in [2.24, 2.45) is 0 Å². The van der Waals surface area contributed by atoms with Gasteiger partial charge in [0.25, 0.3) is 0 Å². The van der Waals surface area contributed by atoms with Crippen molar-refractivity contribution in [3.63, 3.8) is 0 Å². The average Bonchev–Trinajstić information content (AvgIpc) is 3.05. The summed E-state index contributed by atoms with van der Waals surface area (Å²) in [6.07, 6.45) is 1.77. The first-order chi connectivity index (χ1) is 11.5. The number of hydrogen-bond acceptors (Lipinski definition) is 6. The number of rotatable bonds is 7. The molecule has 8 heteroatoms. The van der Waals surface area contributed by atoms with Crippen LogP contribution in [0.3, 0.4) is 0 Å². The fraction of sp³-hybridized carbons (Fsp3) is 0.625. The number of carbonyl (C=O) groups is 2. The van der Waals surface area contributed by atoms with Gasteiger partial charge in [-0.25, -0.2) is 0 Å². The molecule has 2 amide bonds. The molecule has 8 nitrogen and oxygen atoms in total. The van der Waals surface area contributed by atoms with Gasteiger partial charge in [0.15, 0.2) is 0 Å². The van der Waals surface area contributed by atoms with Gasteiger partial charge >= 0.3 is 11.8 Å². The molecule has 1 saturated heterocycles. The second-order valence-electron chi connectivity index (χ2n) is 6.15. The summed E-state index contributed by atoms with van der Waals surface area (Å²) in [4.78, 5) is 25.7. The van der Waals surface area contributed by atoms with Crippen LogP contribution in [0.2, 0.25) is 0 Å². The van der Waals surface area contributed by atoms with Gasteiger partial charge in [-0.3, -0.25) is 14.5 Å². The van der Waals surface area contributed by atoms with Crippen LogP contribution in [0.4, 0.5) is 0 Å². The van der Waals surface area contributed by atoms with Crippen molar-refractivity contribution in [3.05, 3.63) is 24.2 Å². The van der Waals surface area contributed by atoms with E-state index >= 15 is 0 Å². The third-order valence-corrected chi connectivity index (χ3v) is 3.79. The molecular weight excluding hydrogens is 314 g/mol. The lowest BCUT2D eigenvalue weighted by Crippen LogP contribution is -2.48. The summed E-state index contributed by atoms with van der Waals surface area (Å²) in [7, 11) is 0. The molecule has 0 saturated carbocycles. The summed E-state index contributed by atoms with van der Waals surface area (Å²) in [6, 6.07) is 3.47. The van der Waals surface area contributed by atoms with Gasteiger partial charge in [0.05, 0.1) is 25.1 Å². The molecule has 1 aromatic rings. The van der Waals surface area contributed by atoms with Crippen molar-refractivity contribution in [1.29, 1.82) is 0 Å². The molecule has 0 bridgehead atoms. The Hall–Kier alpha value is -1.90. The molecule has 1 unspecified atom stereocenters. The molecular formula is C16H25N3O5. The zero-order valence-corrected chi connectivity index (χ0v) is 13.9. The highest BCUT2D eigenvalue weighted by molar-refractivity contribution is 6.35. The Morgan fingerprint density at radius 1 is 1.29 bits per heavy atom. The van der Waals surface area contributed by atoms with Gasteiger partial charge < -0.3 is 24.9 Å². The summed E-state index contributed by atoms with van der Waals surface area (Å²) < 4.78 is 10.4. The van der Waals surface area contributed by atoms with E-state index in [-0.39, 0.29) is 13.0 Å². The largest absolute Gasteiger partial charge is 0.469 e. The molecule has 1 aromatic heterocycles. The predicted octanol–water partition coefficient (Wildman–Crippen LogP) is -0.862. The van der Waals surface area contributed by atoms with E-state index in [0.717, 1.165) is 13.1 Å². The topological polar surface area (TPSA) is 104 Å². The number of amides is 2. The van der Waals surface area contributed by atoms with Crippen LogP contribution in [0.25, 0.3) is 0 Å². The second kappa shape index (κ2) is 8.81. The zero-order chi connectivity index (χ0) is 17.4. The first-order valence-corrected chi connectivity index (χ1v) is 8.07. The van der Waals surface area contributed by atoms with Crippen LogP contribution in [0, 0.1) is 0 Å². The fourth-order valence-electron chi connectivity index (χ4n) is 2.43. The molecule has 0 spiro atoms. The number of furan rings is 1. The molecule has 0 radical (unpaired) electrons. The molecule has 2 heterocycles. The van der Waals surface area contributed by atoms with E-state index in [0.29, 0.717) is 32.1 Å². The minimum atomic E-state index is -1.19. The Morgan fingerprint density at radius 2 is 2.00 bits per heavy atom. The number of morpholine rings is 1. The van der Waals surface area contributed by atoms with Gasteiger partial charge in [0.1, 0.15) is 5.76 Å². The summed E-state index contributed by atoms with van der Waals surface area (Å²) in [5.41, 5.74) is -1.19. The van der Waals surface area contributed by atoms with E-state index in [1.165, 1.54) is 6.26 Å². The molecule has 0 aromatic carbocycles. The Balaban J connectivity index is 1.64. The zero-order valence-electron chi connectivity index (χ0n) is 13.9. The lowest BCUT2D eigenvalue weighted by molar-refractivity contribution is -0.139. The molecule has 3 N–H and O–H groups in total. The number of carbonyl (C=O) groups excluding carboxylic acids is 2. The van der Waals surface area contributed by atoms with Gasteiger partial charge in [0.2, 0.25) is 0 Å². The maximum atomic E-state index is 11.8. The van der Waals surface area contributed by atoms with Crippen molar-refractivity contribution in [1.82, 2.24) is 15.5 Å². The molecule has 24 heavy (non-hydrogen) atoms. The highest BCUT2D eigenvalue weighted by atomic mass is 16.5. The summed E-state index contributed by atoms with van der Waals surface area (Å²) in [5.74, 6) is -0.835. The monoisotopic (exact) mass is 339 g/mol. The van der Waals surface area contributed by atoms with E-state index < -0.39 is 17.4 Å². The van der Waals surface area contributed by atoms with Crippen molar-refractivity contribution in [2.75, 3.05) is 45.9 Å². The van der Waals surface area contributed by atoms with Crippen LogP contribution in [-0.2, 0) is 20.7 Å². The highest BCUT2D eigenvalue weighted by Gasteiger charge is 2.25. The molecule has 134 valence electrons. The van der Waals surface area contributed by atoms with Gasteiger partial charge in [-0.2, -0.15) is 0 Å². The second-order valence-corrected chi connectivity index (χ2v) is 6.15.